The predicted molar refractivity (Wildman–Crippen MR) is 121 cm³/mol. The Morgan fingerprint density at radius 3 is 2.40 bits per heavy atom. The fourth-order valence-electron chi connectivity index (χ4n) is 8.61. The maximum atomic E-state index is 13.9. The van der Waals surface area contributed by atoms with E-state index in [1.807, 2.05) is 6.92 Å². The SMILES string of the molecule is CC(=O)O[C@H]1[C@H](O)[C@@H]2CC[C@@H]3[C@H]([C@H](O)C(=O)[C@]4(C)[C@@H](c5ccc(=O)oc5)CC[C@]34O)[C@@]2(C)C[C@H]1O. The molecule has 0 aromatic carbocycles. The lowest BCUT2D eigenvalue weighted by Crippen LogP contribution is -2.72. The minimum Gasteiger partial charge on any atom is -0.457 e. The first-order chi connectivity index (χ1) is 16.4. The Kier molecular flexibility index (Phi) is 5.60. The molecule has 4 fully saturated rings. The van der Waals surface area contributed by atoms with Gasteiger partial charge in [0.25, 0.3) is 0 Å². The summed E-state index contributed by atoms with van der Waals surface area (Å²) in [6, 6.07) is 2.90. The molecule has 9 heteroatoms. The van der Waals surface area contributed by atoms with Crippen LogP contribution in [-0.2, 0) is 14.3 Å². The lowest BCUT2D eigenvalue weighted by atomic mass is 9.41. The Morgan fingerprint density at radius 1 is 1.09 bits per heavy atom. The first-order valence-corrected chi connectivity index (χ1v) is 12.4. The summed E-state index contributed by atoms with van der Waals surface area (Å²) in [5.41, 5.74) is -3.43. The molecule has 1 aromatic rings. The first kappa shape index (κ1) is 24.6. The number of carbonyl (C=O) groups is 2. The van der Waals surface area contributed by atoms with Gasteiger partial charge in [0.2, 0.25) is 0 Å². The van der Waals surface area contributed by atoms with Crippen molar-refractivity contribution in [1.29, 1.82) is 0 Å². The van der Waals surface area contributed by atoms with Gasteiger partial charge in [-0.25, -0.2) is 4.79 Å². The van der Waals surface area contributed by atoms with Crippen LogP contribution in [0.25, 0.3) is 0 Å². The largest absolute Gasteiger partial charge is 0.457 e. The van der Waals surface area contributed by atoms with Gasteiger partial charge in [0.05, 0.1) is 29.5 Å². The maximum absolute atomic E-state index is 13.9. The van der Waals surface area contributed by atoms with Gasteiger partial charge in [-0.15, -0.1) is 0 Å². The summed E-state index contributed by atoms with van der Waals surface area (Å²) < 4.78 is 10.3. The van der Waals surface area contributed by atoms with Gasteiger partial charge < -0.3 is 29.6 Å². The Bertz CT molecular complexity index is 1080. The quantitative estimate of drug-likeness (QED) is 0.443. The first-order valence-electron chi connectivity index (χ1n) is 12.4. The molecule has 0 saturated heterocycles. The molecule has 0 radical (unpaired) electrons. The summed E-state index contributed by atoms with van der Waals surface area (Å²) in [4.78, 5) is 37.0. The van der Waals surface area contributed by atoms with Crippen molar-refractivity contribution < 1.29 is 39.2 Å². The molecule has 4 aliphatic carbocycles. The molecule has 4 aliphatic rings. The van der Waals surface area contributed by atoms with Gasteiger partial charge in [-0.1, -0.05) is 6.92 Å². The summed E-state index contributed by atoms with van der Waals surface area (Å²) >= 11 is 0. The van der Waals surface area contributed by atoms with Crippen LogP contribution in [0.3, 0.4) is 0 Å². The molecule has 0 unspecified atom stereocenters. The Balaban J connectivity index is 1.54. The van der Waals surface area contributed by atoms with Crippen molar-refractivity contribution in [2.24, 2.45) is 28.6 Å². The molecule has 0 amide bonds. The molecule has 1 heterocycles. The standard InChI is InChI=1S/C26H34O9/c1-12(27)35-22-17(28)10-24(2)16(20(22)30)6-5-15-19(24)21(31)23(32)25(3)14(8-9-26(15,25)33)13-4-7-18(29)34-11-13/h4,7,11,14-17,19-22,28,30-31,33H,5-6,8-10H2,1-3H3/t14-,15-,16+,17-,19-,20-,21+,22-,24+,25+,26+/m1/s1. The summed E-state index contributed by atoms with van der Waals surface area (Å²) in [6.07, 6.45) is -1.54. The second-order valence-electron chi connectivity index (χ2n) is 11.6. The normalized spacial score (nSPS) is 49.1. The highest BCUT2D eigenvalue weighted by molar-refractivity contribution is 5.93. The molecule has 9 nitrogen and oxygen atoms in total. The smallest absolute Gasteiger partial charge is 0.335 e. The van der Waals surface area contributed by atoms with Crippen molar-refractivity contribution in [3.63, 3.8) is 0 Å². The van der Waals surface area contributed by atoms with Crippen molar-refractivity contribution in [2.75, 3.05) is 0 Å². The Morgan fingerprint density at radius 2 is 1.77 bits per heavy atom. The maximum Gasteiger partial charge on any atom is 0.335 e. The molecule has 35 heavy (non-hydrogen) atoms. The van der Waals surface area contributed by atoms with Gasteiger partial charge in [0.15, 0.2) is 11.9 Å². The van der Waals surface area contributed by atoms with Crippen molar-refractivity contribution in [1.82, 2.24) is 0 Å². The molecule has 192 valence electrons. The van der Waals surface area contributed by atoms with E-state index in [-0.39, 0.29) is 6.42 Å². The van der Waals surface area contributed by atoms with Crippen molar-refractivity contribution in [3.8, 4) is 0 Å². The van der Waals surface area contributed by atoms with E-state index in [2.05, 4.69) is 0 Å². The van der Waals surface area contributed by atoms with Crippen molar-refractivity contribution in [3.05, 3.63) is 34.4 Å². The average molecular weight is 491 g/mol. The number of hydrogen-bond acceptors (Lipinski definition) is 9. The molecule has 11 atom stereocenters. The van der Waals surface area contributed by atoms with Crippen LogP contribution in [0, 0.1) is 28.6 Å². The lowest BCUT2D eigenvalue weighted by molar-refractivity contribution is -0.255. The Hall–Kier alpha value is -2.07. The van der Waals surface area contributed by atoms with E-state index in [0.29, 0.717) is 31.2 Å². The van der Waals surface area contributed by atoms with Gasteiger partial charge in [0, 0.05) is 24.8 Å². The number of Topliss-reactive ketones (excluding diaryl/α,β-unsaturated/α-hetero) is 1. The zero-order valence-corrected chi connectivity index (χ0v) is 20.2. The number of ether oxygens (including phenoxy) is 1. The molecule has 5 rings (SSSR count). The van der Waals surface area contributed by atoms with Gasteiger partial charge in [-0.2, -0.15) is 0 Å². The van der Waals surface area contributed by atoms with Crippen molar-refractivity contribution in [2.45, 2.75) is 88.8 Å². The Labute approximate surface area is 203 Å². The van der Waals surface area contributed by atoms with E-state index in [9.17, 15) is 34.8 Å². The molecule has 0 bridgehead atoms. The van der Waals surface area contributed by atoms with E-state index in [1.54, 1.807) is 13.0 Å². The van der Waals surface area contributed by atoms with Crippen LogP contribution in [-0.4, -0.2) is 62.2 Å². The predicted octanol–water partition coefficient (Wildman–Crippen LogP) is 0.904. The van der Waals surface area contributed by atoms with E-state index in [4.69, 9.17) is 9.15 Å². The lowest BCUT2D eigenvalue weighted by Gasteiger charge is -2.65. The van der Waals surface area contributed by atoms with Crippen LogP contribution in [0.15, 0.2) is 27.6 Å². The minimum atomic E-state index is -1.41. The topological polar surface area (TPSA) is 154 Å². The number of carbonyl (C=O) groups excluding carboxylic acids is 2. The molecule has 0 aliphatic heterocycles. The number of esters is 1. The summed E-state index contributed by atoms with van der Waals surface area (Å²) in [7, 11) is 0. The highest BCUT2D eigenvalue weighted by Gasteiger charge is 2.74. The monoisotopic (exact) mass is 490 g/mol. The molecule has 0 spiro atoms. The third-order valence-electron chi connectivity index (χ3n) is 10.2. The highest BCUT2D eigenvalue weighted by Crippen LogP contribution is 2.69. The molecule has 1 aromatic heterocycles. The minimum absolute atomic E-state index is 0.123. The van der Waals surface area contributed by atoms with Gasteiger partial charge in [-0.3, -0.25) is 9.59 Å². The second kappa shape index (κ2) is 7.96. The van der Waals surface area contributed by atoms with Crippen LogP contribution in [0.5, 0.6) is 0 Å². The van der Waals surface area contributed by atoms with Crippen LogP contribution in [0.1, 0.15) is 64.4 Å². The highest BCUT2D eigenvalue weighted by atomic mass is 16.6. The van der Waals surface area contributed by atoms with E-state index < -0.39 is 81.9 Å². The molecule has 4 N–H and O–H groups in total. The molecular weight excluding hydrogens is 456 g/mol. The number of ketones is 1. The summed E-state index contributed by atoms with van der Waals surface area (Å²) in [6.45, 7) is 4.78. The van der Waals surface area contributed by atoms with E-state index in [1.165, 1.54) is 19.3 Å². The second-order valence-corrected chi connectivity index (χ2v) is 11.6. The van der Waals surface area contributed by atoms with Crippen LogP contribution < -0.4 is 5.63 Å². The third kappa shape index (κ3) is 3.17. The number of hydrogen-bond donors (Lipinski definition) is 4. The number of aliphatic hydroxyl groups excluding tert-OH is 3. The number of aliphatic hydroxyl groups is 4. The zero-order chi connectivity index (χ0) is 25.5. The van der Waals surface area contributed by atoms with Crippen LogP contribution in [0.2, 0.25) is 0 Å². The zero-order valence-electron chi connectivity index (χ0n) is 20.2. The van der Waals surface area contributed by atoms with Crippen LogP contribution in [0.4, 0.5) is 0 Å². The third-order valence-corrected chi connectivity index (χ3v) is 10.2. The average Bonchev–Trinajstić information content (AvgIpc) is 3.07. The van der Waals surface area contributed by atoms with Crippen molar-refractivity contribution >= 4 is 11.8 Å². The summed E-state index contributed by atoms with van der Waals surface area (Å²) in [5.74, 6) is -3.04. The van der Waals surface area contributed by atoms with E-state index in [0.717, 1.165) is 0 Å². The van der Waals surface area contributed by atoms with Gasteiger partial charge in [0.1, 0.15) is 6.10 Å². The number of rotatable bonds is 2. The van der Waals surface area contributed by atoms with E-state index >= 15 is 0 Å². The number of fused-ring (bicyclic) bond motifs is 5. The molecule has 4 saturated carbocycles. The van der Waals surface area contributed by atoms with Gasteiger partial charge >= 0.3 is 11.6 Å². The fourth-order valence-corrected chi connectivity index (χ4v) is 8.61. The fraction of sp³-hybridized carbons (Fsp3) is 0.731. The summed E-state index contributed by atoms with van der Waals surface area (Å²) in [5, 5.41) is 45.7. The molecular formula is C26H34O9. The van der Waals surface area contributed by atoms with Gasteiger partial charge in [-0.05, 0) is 67.9 Å². The van der Waals surface area contributed by atoms with Crippen LogP contribution >= 0.6 is 0 Å².